The smallest absolute Gasteiger partial charge is 0.216 e. The first-order valence-electron chi connectivity index (χ1n) is 5.89. The summed E-state index contributed by atoms with van der Waals surface area (Å²) in [5.41, 5.74) is 7.64. The van der Waals surface area contributed by atoms with Gasteiger partial charge in [-0.05, 0) is 25.0 Å². The van der Waals surface area contributed by atoms with Crippen LogP contribution in [0.4, 0.5) is 5.69 Å². The van der Waals surface area contributed by atoms with Crippen LogP contribution in [-0.4, -0.2) is 28.8 Å². The standard InChI is InChI=1S/C13H20N2O3/c1-8-4-3-5-10(14)12(8)13(18)11(17)6-7-15-9(2)16/h3-5,11,13,17-18H,6-7,14H2,1-2H3,(H,15,16). The van der Waals surface area contributed by atoms with Gasteiger partial charge in [-0.3, -0.25) is 4.79 Å². The minimum absolute atomic E-state index is 0.160. The number of hydrogen-bond acceptors (Lipinski definition) is 4. The number of aliphatic hydroxyl groups excluding tert-OH is 2. The summed E-state index contributed by atoms with van der Waals surface area (Å²) in [6.07, 6.45) is -1.73. The molecule has 100 valence electrons. The molecule has 1 amide bonds. The Balaban J connectivity index is 2.68. The number of anilines is 1. The van der Waals surface area contributed by atoms with E-state index in [-0.39, 0.29) is 12.3 Å². The lowest BCUT2D eigenvalue weighted by Gasteiger charge is -2.21. The molecule has 0 aliphatic carbocycles. The van der Waals surface area contributed by atoms with Crippen molar-refractivity contribution in [3.8, 4) is 0 Å². The van der Waals surface area contributed by atoms with Crippen molar-refractivity contribution in [2.24, 2.45) is 0 Å². The van der Waals surface area contributed by atoms with Crippen LogP contribution in [0.1, 0.15) is 30.6 Å². The van der Waals surface area contributed by atoms with Crippen molar-refractivity contribution >= 4 is 11.6 Å². The van der Waals surface area contributed by atoms with E-state index in [0.717, 1.165) is 5.56 Å². The number of aliphatic hydroxyl groups is 2. The van der Waals surface area contributed by atoms with E-state index in [1.54, 1.807) is 12.1 Å². The third-order valence-electron chi connectivity index (χ3n) is 2.83. The van der Waals surface area contributed by atoms with E-state index in [4.69, 9.17) is 5.73 Å². The van der Waals surface area contributed by atoms with Gasteiger partial charge in [-0.1, -0.05) is 12.1 Å². The summed E-state index contributed by atoms with van der Waals surface area (Å²) >= 11 is 0. The maximum Gasteiger partial charge on any atom is 0.216 e. The number of nitrogen functional groups attached to an aromatic ring is 1. The molecular weight excluding hydrogens is 232 g/mol. The SMILES string of the molecule is CC(=O)NCCC(O)C(O)c1c(C)cccc1N. The van der Waals surface area contributed by atoms with Crippen molar-refractivity contribution in [2.45, 2.75) is 32.5 Å². The van der Waals surface area contributed by atoms with Crippen LogP contribution in [0.25, 0.3) is 0 Å². The van der Waals surface area contributed by atoms with Crippen molar-refractivity contribution in [1.29, 1.82) is 0 Å². The second kappa shape index (κ2) is 6.37. The largest absolute Gasteiger partial charge is 0.398 e. The Hall–Kier alpha value is -1.59. The summed E-state index contributed by atoms with van der Waals surface area (Å²) in [6.45, 7) is 3.55. The number of carbonyl (C=O) groups is 1. The Bertz CT molecular complexity index is 400. The van der Waals surface area contributed by atoms with Gasteiger partial charge in [-0.2, -0.15) is 0 Å². The van der Waals surface area contributed by atoms with Gasteiger partial charge in [0, 0.05) is 24.7 Å². The Morgan fingerprint density at radius 1 is 1.44 bits per heavy atom. The molecule has 0 radical (unpaired) electrons. The van der Waals surface area contributed by atoms with Crippen LogP contribution in [0.15, 0.2) is 18.2 Å². The number of benzene rings is 1. The highest BCUT2D eigenvalue weighted by molar-refractivity contribution is 5.72. The molecule has 5 N–H and O–H groups in total. The topological polar surface area (TPSA) is 95.6 Å². The second-order valence-corrected chi connectivity index (χ2v) is 4.36. The Morgan fingerprint density at radius 2 is 2.11 bits per heavy atom. The Labute approximate surface area is 107 Å². The summed E-state index contributed by atoms with van der Waals surface area (Å²) in [5, 5.41) is 22.5. The van der Waals surface area contributed by atoms with Gasteiger partial charge in [0.05, 0.1) is 6.10 Å². The van der Waals surface area contributed by atoms with Crippen LogP contribution < -0.4 is 11.1 Å². The van der Waals surface area contributed by atoms with Crippen molar-refractivity contribution < 1.29 is 15.0 Å². The molecule has 1 aromatic rings. The maximum absolute atomic E-state index is 10.7. The van der Waals surface area contributed by atoms with Crippen LogP contribution in [0.2, 0.25) is 0 Å². The Kier molecular flexibility index (Phi) is 5.12. The minimum Gasteiger partial charge on any atom is -0.398 e. The Morgan fingerprint density at radius 3 is 2.67 bits per heavy atom. The van der Waals surface area contributed by atoms with Gasteiger partial charge in [-0.25, -0.2) is 0 Å². The molecule has 0 fully saturated rings. The van der Waals surface area contributed by atoms with Crippen LogP contribution in [0.3, 0.4) is 0 Å². The zero-order valence-corrected chi connectivity index (χ0v) is 10.7. The van der Waals surface area contributed by atoms with Gasteiger partial charge in [0.2, 0.25) is 5.91 Å². The van der Waals surface area contributed by atoms with Crippen molar-refractivity contribution in [2.75, 3.05) is 12.3 Å². The van der Waals surface area contributed by atoms with E-state index in [2.05, 4.69) is 5.32 Å². The fourth-order valence-electron chi connectivity index (χ4n) is 1.85. The maximum atomic E-state index is 10.7. The first-order chi connectivity index (χ1) is 8.43. The van der Waals surface area contributed by atoms with Crippen LogP contribution >= 0.6 is 0 Å². The first kappa shape index (κ1) is 14.5. The molecule has 0 aliphatic heterocycles. The third kappa shape index (κ3) is 3.72. The lowest BCUT2D eigenvalue weighted by molar-refractivity contribution is -0.119. The molecule has 2 unspecified atom stereocenters. The molecule has 18 heavy (non-hydrogen) atoms. The summed E-state index contributed by atoms with van der Waals surface area (Å²) in [6, 6.07) is 5.31. The summed E-state index contributed by atoms with van der Waals surface area (Å²) in [7, 11) is 0. The predicted molar refractivity (Wildman–Crippen MR) is 69.9 cm³/mol. The fraction of sp³-hybridized carbons (Fsp3) is 0.462. The highest BCUT2D eigenvalue weighted by Crippen LogP contribution is 2.27. The van der Waals surface area contributed by atoms with Gasteiger partial charge >= 0.3 is 0 Å². The molecular formula is C13H20N2O3. The third-order valence-corrected chi connectivity index (χ3v) is 2.83. The molecule has 0 saturated carbocycles. The molecule has 0 heterocycles. The predicted octanol–water partition coefficient (Wildman–Crippen LogP) is 0.498. The second-order valence-electron chi connectivity index (χ2n) is 4.36. The molecule has 1 rings (SSSR count). The van der Waals surface area contributed by atoms with E-state index in [1.807, 2.05) is 13.0 Å². The van der Waals surface area contributed by atoms with E-state index >= 15 is 0 Å². The van der Waals surface area contributed by atoms with Gasteiger partial charge < -0.3 is 21.3 Å². The van der Waals surface area contributed by atoms with Crippen molar-refractivity contribution in [3.05, 3.63) is 29.3 Å². The fourth-order valence-corrected chi connectivity index (χ4v) is 1.85. The van der Waals surface area contributed by atoms with Gasteiger partial charge in [0.15, 0.2) is 0 Å². The van der Waals surface area contributed by atoms with Crippen molar-refractivity contribution in [1.82, 2.24) is 5.32 Å². The lowest BCUT2D eigenvalue weighted by Crippen LogP contribution is -2.28. The number of amides is 1. The molecule has 5 heteroatoms. The van der Waals surface area contributed by atoms with E-state index in [0.29, 0.717) is 17.8 Å². The number of carbonyl (C=O) groups excluding carboxylic acids is 1. The molecule has 5 nitrogen and oxygen atoms in total. The van der Waals surface area contributed by atoms with E-state index in [9.17, 15) is 15.0 Å². The number of hydrogen-bond donors (Lipinski definition) is 4. The molecule has 1 aromatic carbocycles. The zero-order chi connectivity index (χ0) is 13.7. The lowest BCUT2D eigenvalue weighted by atomic mass is 9.96. The minimum atomic E-state index is -1.04. The molecule has 2 atom stereocenters. The van der Waals surface area contributed by atoms with E-state index < -0.39 is 12.2 Å². The first-order valence-corrected chi connectivity index (χ1v) is 5.89. The molecule has 0 aromatic heterocycles. The highest BCUT2D eigenvalue weighted by Gasteiger charge is 2.21. The average molecular weight is 252 g/mol. The molecule has 0 bridgehead atoms. The van der Waals surface area contributed by atoms with Gasteiger partial charge in [0.1, 0.15) is 6.10 Å². The van der Waals surface area contributed by atoms with Crippen molar-refractivity contribution in [3.63, 3.8) is 0 Å². The number of rotatable bonds is 5. The quantitative estimate of drug-likeness (QED) is 0.574. The number of nitrogens with one attached hydrogen (secondary N) is 1. The number of aryl methyl sites for hydroxylation is 1. The summed E-state index contributed by atoms with van der Waals surface area (Å²) in [5.74, 6) is -0.160. The van der Waals surface area contributed by atoms with Crippen LogP contribution in [-0.2, 0) is 4.79 Å². The van der Waals surface area contributed by atoms with Crippen LogP contribution in [0.5, 0.6) is 0 Å². The van der Waals surface area contributed by atoms with Gasteiger partial charge in [0.25, 0.3) is 0 Å². The normalized spacial score (nSPS) is 14.0. The zero-order valence-electron chi connectivity index (χ0n) is 10.7. The van der Waals surface area contributed by atoms with Gasteiger partial charge in [-0.15, -0.1) is 0 Å². The number of nitrogens with two attached hydrogens (primary N) is 1. The average Bonchev–Trinajstić information content (AvgIpc) is 2.27. The van der Waals surface area contributed by atoms with E-state index in [1.165, 1.54) is 6.92 Å². The molecule has 0 spiro atoms. The summed E-state index contributed by atoms with van der Waals surface area (Å²) in [4.78, 5) is 10.7. The monoisotopic (exact) mass is 252 g/mol. The highest BCUT2D eigenvalue weighted by atomic mass is 16.3. The van der Waals surface area contributed by atoms with Crippen LogP contribution in [0, 0.1) is 6.92 Å². The molecule has 0 saturated heterocycles. The molecule has 0 aliphatic rings. The summed E-state index contributed by atoms with van der Waals surface area (Å²) < 4.78 is 0.